The maximum atomic E-state index is 14.2. The predicted octanol–water partition coefficient (Wildman–Crippen LogP) is 7.95. The quantitative estimate of drug-likeness (QED) is 0.197. The molecule has 0 bridgehead atoms. The Hall–Kier alpha value is -5.36. The number of hydrogen-bond donors (Lipinski definition) is 0. The fourth-order valence-corrected chi connectivity index (χ4v) is 7.81. The van der Waals surface area contributed by atoms with Crippen molar-refractivity contribution in [2.45, 2.75) is 26.9 Å². The van der Waals surface area contributed by atoms with Gasteiger partial charge in [-0.05, 0) is 62.4 Å². The number of fused-ring (bicyclic) bond motifs is 10. The molecule has 0 fully saturated rings. The third-order valence-electron chi connectivity index (χ3n) is 9.95. The van der Waals surface area contributed by atoms with Gasteiger partial charge in [0.15, 0.2) is 10.9 Å². The molecule has 4 heterocycles. The SMILES string of the molecule is CCn1c2ccccc2c2cc3c(cc21)c(=O)c1cc2c(cc1n3C)c(=O)c1cc3c(cc1n2C)c1ccccc1n3CC. The molecular weight excluding hydrogens is 544 g/mol. The van der Waals surface area contributed by atoms with Crippen LogP contribution in [0.15, 0.2) is 94.5 Å². The molecule has 0 spiro atoms. The van der Waals surface area contributed by atoms with E-state index < -0.39 is 0 Å². The van der Waals surface area contributed by atoms with Crippen molar-refractivity contribution in [3.63, 3.8) is 0 Å². The fourth-order valence-electron chi connectivity index (χ4n) is 7.81. The van der Waals surface area contributed by atoms with E-state index >= 15 is 0 Å². The number of pyridine rings is 2. The summed E-state index contributed by atoms with van der Waals surface area (Å²) >= 11 is 0. The molecular formula is C38H30N4O2. The molecule has 0 saturated carbocycles. The lowest BCUT2D eigenvalue weighted by molar-refractivity contribution is 0.827. The molecule has 0 aliphatic rings. The molecule has 0 radical (unpaired) electrons. The van der Waals surface area contributed by atoms with Crippen molar-refractivity contribution >= 4 is 87.2 Å². The van der Waals surface area contributed by atoms with Crippen LogP contribution in [-0.2, 0) is 27.2 Å². The first-order valence-electron chi connectivity index (χ1n) is 15.3. The molecule has 0 saturated heterocycles. The largest absolute Gasteiger partial charge is 0.343 e. The van der Waals surface area contributed by atoms with Gasteiger partial charge in [-0.3, -0.25) is 9.59 Å². The van der Waals surface area contributed by atoms with Crippen LogP contribution in [0.25, 0.3) is 87.2 Å². The van der Waals surface area contributed by atoms with Crippen LogP contribution < -0.4 is 10.9 Å². The minimum atomic E-state index is -0.0150. The minimum absolute atomic E-state index is 0.0150. The first-order valence-corrected chi connectivity index (χ1v) is 15.3. The summed E-state index contributed by atoms with van der Waals surface area (Å²) in [6, 6.07) is 29.0. The Morgan fingerprint density at radius 3 is 1.09 bits per heavy atom. The summed E-state index contributed by atoms with van der Waals surface area (Å²) in [7, 11) is 3.99. The van der Waals surface area contributed by atoms with Crippen LogP contribution in [0, 0.1) is 0 Å². The third-order valence-corrected chi connectivity index (χ3v) is 9.95. The molecule has 9 rings (SSSR count). The molecule has 0 atom stereocenters. The van der Waals surface area contributed by atoms with E-state index in [4.69, 9.17) is 0 Å². The second kappa shape index (κ2) is 8.60. The molecule has 4 aromatic heterocycles. The molecule has 6 nitrogen and oxygen atoms in total. The molecule has 44 heavy (non-hydrogen) atoms. The second-order valence-corrected chi connectivity index (χ2v) is 12.0. The van der Waals surface area contributed by atoms with Gasteiger partial charge in [-0.1, -0.05) is 36.4 Å². The van der Waals surface area contributed by atoms with E-state index in [0.29, 0.717) is 21.5 Å². The number of rotatable bonds is 2. The lowest BCUT2D eigenvalue weighted by Gasteiger charge is -2.15. The van der Waals surface area contributed by atoms with E-state index in [0.717, 1.165) is 68.0 Å². The highest BCUT2D eigenvalue weighted by molar-refractivity contribution is 6.15. The Morgan fingerprint density at radius 1 is 0.409 bits per heavy atom. The highest BCUT2D eigenvalue weighted by atomic mass is 16.1. The summed E-state index contributed by atoms with van der Waals surface area (Å²) in [4.78, 5) is 28.5. The number of nitrogens with zero attached hydrogens (tertiary/aromatic N) is 4. The summed E-state index contributed by atoms with van der Waals surface area (Å²) in [5.41, 5.74) is 7.66. The van der Waals surface area contributed by atoms with E-state index in [-0.39, 0.29) is 10.9 Å². The van der Waals surface area contributed by atoms with Gasteiger partial charge in [-0.2, -0.15) is 0 Å². The Bertz CT molecular complexity index is 2660. The fraction of sp³-hybridized carbons (Fsp3) is 0.158. The van der Waals surface area contributed by atoms with Gasteiger partial charge in [0, 0.05) is 92.3 Å². The van der Waals surface area contributed by atoms with Gasteiger partial charge in [0.2, 0.25) is 0 Å². The maximum absolute atomic E-state index is 14.2. The third kappa shape index (κ3) is 3.00. The summed E-state index contributed by atoms with van der Waals surface area (Å²) < 4.78 is 8.70. The van der Waals surface area contributed by atoms with Crippen molar-refractivity contribution < 1.29 is 0 Å². The number of hydrogen-bond acceptors (Lipinski definition) is 2. The van der Waals surface area contributed by atoms with Crippen LogP contribution in [0.4, 0.5) is 0 Å². The van der Waals surface area contributed by atoms with Crippen LogP contribution in [0.2, 0.25) is 0 Å². The lowest BCUT2D eigenvalue weighted by Crippen LogP contribution is -2.13. The van der Waals surface area contributed by atoms with Crippen molar-refractivity contribution in [2.24, 2.45) is 14.1 Å². The van der Waals surface area contributed by atoms with Crippen molar-refractivity contribution in [2.75, 3.05) is 0 Å². The first kappa shape index (κ1) is 25.2. The van der Waals surface area contributed by atoms with Crippen molar-refractivity contribution in [3.05, 3.63) is 105 Å². The Balaban J connectivity index is 1.43. The van der Waals surface area contributed by atoms with E-state index in [2.05, 4.69) is 105 Å². The molecule has 0 aliphatic carbocycles. The van der Waals surface area contributed by atoms with Crippen molar-refractivity contribution in [3.8, 4) is 0 Å². The zero-order valence-electron chi connectivity index (χ0n) is 25.1. The van der Waals surface area contributed by atoms with Crippen molar-refractivity contribution in [1.82, 2.24) is 18.3 Å². The van der Waals surface area contributed by atoms with Crippen LogP contribution in [0.5, 0.6) is 0 Å². The molecule has 5 aromatic carbocycles. The average molecular weight is 575 g/mol. The van der Waals surface area contributed by atoms with E-state index in [1.807, 2.05) is 26.2 Å². The average Bonchev–Trinajstić information content (AvgIpc) is 3.55. The summed E-state index contributed by atoms with van der Waals surface area (Å²) in [6.07, 6.45) is 0. The van der Waals surface area contributed by atoms with Gasteiger partial charge in [-0.15, -0.1) is 0 Å². The van der Waals surface area contributed by atoms with Gasteiger partial charge in [0.1, 0.15) is 0 Å². The lowest BCUT2D eigenvalue weighted by atomic mass is 10.0. The first-order chi connectivity index (χ1) is 21.4. The Labute approximate surface area is 251 Å². The summed E-state index contributed by atoms with van der Waals surface area (Å²) in [6.45, 7) is 5.90. The molecule has 0 unspecified atom stereocenters. The van der Waals surface area contributed by atoms with Crippen LogP contribution in [-0.4, -0.2) is 18.3 Å². The topological polar surface area (TPSA) is 53.9 Å². The molecule has 214 valence electrons. The highest BCUT2D eigenvalue weighted by Crippen LogP contribution is 2.35. The molecule has 0 amide bonds. The molecule has 6 heteroatoms. The number of aromatic nitrogens is 4. The van der Waals surface area contributed by atoms with Gasteiger partial charge in [0.05, 0.1) is 22.1 Å². The zero-order valence-corrected chi connectivity index (χ0v) is 25.1. The van der Waals surface area contributed by atoms with Crippen LogP contribution in [0.1, 0.15) is 13.8 Å². The normalized spacial score (nSPS) is 12.5. The summed E-state index contributed by atoms with van der Waals surface area (Å²) in [5.74, 6) is 0. The molecule has 0 aliphatic heterocycles. The van der Waals surface area contributed by atoms with Gasteiger partial charge >= 0.3 is 0 Å². The minimum Gasteiger partial charge on any atom is -0.343 e. The Kier molecular flexibility index (Phi) is 4.92. The van der Waals surface area contributed by atoms with E-state index in [9.17, 15) is 9.59 Å². The number of aryl methyl sites for hydroxylation is 4. The Morgan fingerprint density at radius 2 is 0.727 bits per heavy atom. The zero-order chi connectivity index (χ0) is 30.0. The van der Waals surface area contributed by atoms with E-state index in [1.165, 1.54) is 10.8 Å². The molecule has 0 N–H and O–H groups in total. The summed E-state index contributed by atoms with van der Waals surface area (Å²) in [5, 5.41) is 7.20. The number of para-hydroxylation sites is 2. The predicted molar refractivity (Wildman–Crippen MR) is 184 cm³/mol. The van der Waals surface area contributed by atoms with Crippen molar-refractivity contribution in [1.29, 1.82) is 0 Å². The maximum Gasteiger partial charge on any atom is 0.197 e. The second-order valence-electron chi connectivity index (χ2n) is 12.0. The van der Waals surface area contributed by atoms with Gasteiger partial charge in [-0.25, -0.2) is 0 Å². The van der Waals surface area contributed by atoms with E-state index in [1.54, 1.807) is 0 Å². The molecule has 9 aromatic rings. The standard InChI is InChI=1S/C38H30N4O2/c1-5-41-29-13-9-7-11-21(29)23-15-31-27(19-35(23)41)37(43)25-17-34-26(18-33(25)39(31)3)38(44)28-20-36-24(16-32(28)40(34)4)22-12-8-10-14-30(22)42(36)6-2/h7-20H,5-6H2,1-4H3. The van der Waals surface area contributed by atoms with Gasteiger partial charge in [0.25, 0.3) is 0 Å². The number of benzene rings is 5. The monoisotopic (exact) mass is 574 g/mol. The smallest absolute Gasteiger partial charge is 0.197 e. The van der Waals surface area contributed by atoms with Crippen LogP contribution in [0.3, 0.4) is 0 Å². The highest BCUT2D eigenvalue weighted by Gasteiger charge is 2.19. The van der Waals surface area contributed by atoms with Crippen LogP contribution >= 0.6 is 0 Å². The van der Waals surface area contributed by atoms with Gasteiger partial charge < -0.3 is 18.3 Å².